The molecule has 0 aliphatic carbocycles. The largest absolute Gasteiger partial charge is 0.457 e. The van der Waals surface area contributed by atoms with Crippen molar-refractivity contribution in [1.29, 1.82) is 0 Å². The third-order valence-corrected chi connectivity index (χ3v) is 5.24. The molecule has 1 N–H and O–H groups in total. The van der Waals surface area contributed by atoms with Gasteiger partial charge in [0, 0.05) is 23.2 Å². The number of hydrogen-bond acceptors (Lipinski definition) is 5. The molecule has 0 aliphatic rings. The van der Waals surface area contributed by atoms with Crippen molar-refractivity contribution in [2.75, 3.05) is 6.54 Å². The molecule has 0 saturated carbocycles. The predicted molar refractivity (Wildman–Crippen MR) is 134 cm³/mol. The van der Waals surface area contributed by atoms with Crippen LogP contribution in [0, 0.1) is 10.1 Å². The van der Waals surface area contributed by atoms with Gasteiger partial charge in [0.05, 0.1) is 17.1 Å². The Kier molecular flexibility index (Phi) is 7.60. The van der Waals surface area contributed by atoms with E-state index in [-0.39, 0.29) is 23.1 Å². The van der Waals surface area contributed by atoms with E-state index < -0.39 is 4.92 Å². The van der Waals surface area contributed by atoms with Gasteiger partial charge in [-0.05, 0) is 54.4 Å². The van der Waals surface area contributed by atoms with Crippen molar-refractivity contribution in [3.05, 3.63) is 123 Å². The van der Waals surface area contributed by atoms with E-state index >= 15 is 0 Å². The normalized spacial score (nSPS) is 10.4. The minimum Gasteiger partial charge on any atom is -0.457 e. The zero-order chi connectivity index (χ0) is 24.6. The fourth-order valence-corrected chi connectivity index (χ4v) is 3.50. The molecule has 4 rings (SSSR count). The lowest BCUT2D eigenvalue weighted by molar-refractivity contribution is -0.385. The number of non-ortho nitro benzene ring substituents is 1. The summed E-state index contributed by atoms with van der Waals surface area (Å²) < 4.78 is 11.5. The third-order valence-electron chi connectivity index (χ3n) is 5.00. The molecule has 35 heavy (non-hydrogen) atoms. The zero-order valence-electron chi connectivity index (χ0n) is 18.5. The van der Waals surface area contributed by atoms with Crippen molar-refractivity contribution in [2.45, 2.75) is 6.42 Å². The monoisotopic (exact) mass is 488 g/mol. The number of nitrogens with zero attached hydrogens (tertiary/aromatic N) is 1. The van der Waals surface area contributed by atoms with E-state index in [1.807, 2.05) is 30.3 Å². The highest BCUT2D eigenvalue weighted by Crippen LogP contribution is 2.34. The van der Waals surface area contributed by atoms with Gasteiger partial charge in [-0.15, -0.1) is 0 Å². The fourth-order valence-electron chi connectivity index (χ4n) is 3.32. The third kappa shape index (κ3) is 6.82. The predicted octanol–water partition coefficient (Wildman–Crippen LogP) is 6.81. The quantitative estimate of drug-likeness (QED) is 0.206. The number of carbonyl (C=O) groups excluding carboxylic acids is 1. The molecule has 0 radical (unpaired) electrons. The molecule has 0 aliphatic heterocycles. The number of nitrogens with one attached hydrogen (secondary N) is 1. The minimum atomic E-state index is -0.527. The van der Waals surface area contributed by atoms with Gasteiger partial charge in [-0.3, -0.25) is 14.9 Å². The van der Waals surface area contributed by atoms with Crippen LogP contribution in [0.25, 0.3) is 0 Å². The molecular weight excluding hydrogens is 468 g/mol. The molecule has 0 saturated heterocycles. The van der Waals surface area contributed by atoms with Crippen LogP contribution >= 0.6 is 11.6 Å². The van der Waals surface area contributed by atoms with Gasteiger partial charge >= 0.3 is 0 Å². The van der Waals surface area contributed by atoms with E-state index in [2.05, 4.69) is 5.32 Å². The highest BCUT2D eigenvalue weighted by molar-refractivity contribution is 6.30. The molecule has 0 atom stereocenters. The number of benzene rings is 4. The number of ether oxygens (including phenoxy) is 2. The molecule has 1 amide bonds. The average molecular weight is 489 g/mol. The molecule has 0 heterocycles. The molecular formula is C27H21ClN2O5. The summed E-state index contributed by atoms with van der Waals surface area (Å²) >= 11 is 5.98. The van der Waals surface area contributed by atoms with Crippen LogP contribution in [0.1, 0.15) is 15.9 Å². The number of nitro groups is 1. The lowest BCUT2D eigenvalue weighted by Crippen LogP contribution is -2.25. The van der Waals surface area contributed by atoms with Crippen molar-refractivity contribution in [2.24, 2.45) is 0 Å². The van der Waals surface area contributed by atoms with Crippen molar-refractivity contribution >= 4 is 23.2 Å². The van der Waals surface area contributed by atoms with Crippen LogP contribution in [0.2, 0.25) is 5.02 Å². The summed E-state index contributed by atoms with van der Waals surface area (Å²) in [5.74, 6) is 1.11. The average Bonchev–Trinajstić information content (AvgIpc) is 2.85. The molecule has 0 bridgehead atoms. The molecule has 0 fully saturated rings. The highest BCUT2D eigenvalue weighted by atomic mass is 35.5. The fraction of sp³-hybridized carbons (Fsp3) is 0.0741. The summed E-state index contributed by atoms with van der Waals surface area (Å²) in [5.41, 5.74) is 1.44. The van der Waals surface area contributed by atoms with Crippen LogP contribution in [0.4, 0.5) is 5.69 Å². The molecule has 0 unspecified atom stereocenters. The van der Waals surface area contributed by atoms with Gasteiger partial charge in [0.2, 0.25) is 0 Å². The van der Waals surface area contributed by atoms with Gasteiger partial charge in [0.15, 0.2) is 0 Å². The number of halogens is 1. The summed E-state index contributed by atoms with van der Waals surface area (Å²) in [6, 6.07) is 27.3. The Morgan fingerprint density at radius 1 is 0.800 bits per heavy atom. The molecule has 4 aromatic rings. The van der Waals surface area contributed by atoms with Crippen molar-refractivity contribution in [3.63, 3.8) is 0 Å². The Balaban J connectivity index is 1.42. The van der Waals surface area contributed by atoms with E-state index in [4.69, 9.17) is 21.1 Å². The Hall–Kier alpha value is -4.36. The van der Waals surface area contributed by atoms with Crippen LogP contribution < -0.4 is 14.8 Å². The standard InChI is InChI=1S/C27H21ClN2O5/c28-21-7-4-8-24(15-21)35-26-17-22(30(32)33)16-25(18-26)34-23-11-9-20(10-12-23)27(31)29-14-13-19-5-2-1-3-6-19/h1-12,15-18H,13-14H2,(H,29,31). The van der Waals surface area contributed by atoms with Crippen LogP contribution in [0.5, 0.6) is 23.0 Å². The summed E-state index contributed by atoms with van der Waals surface area (Å²) in [5, 5.41) is 14.8. The maximum absolute atomic E-state index is 12.4. The molecule has 176 valence electrons. The zero-order valence-corrected chi connectivity index (χ0v) is 19.3. The maximum atomic E-state index is 12.4. The van der Waals surface area contributed by atoms with Gasteiger partial charge in [0.1, 0.15) is 23.0 Å². The summed E-state index contributed by atoms with van der Waals surface area (Å²) in [7, 11) is 0. The first-order chi connectivity index (χ1) is 17.0. The summed E-state index contributed by atoms with van der Waals surface area (Å²) in [4.78, 5) is 23.3. The van der Waals surface area contributed by atoms with Crippen molar-refractivity contribution < 1.29 is 19.2 Å². The number of hydrogen-bond donors (Lipinski definition) is 1. The first-order valence-electron chi connectivity index (χ1n) is 10.8. The smallest absolute Gasteiger partial charge is 0.276 e. The van der Waals surface area contributed by atoms with E-state index in [9.17, 15) is 14.9 Å². The second-order valence-corrected chi connectivity index (χ2v) is 8.03. The van der Waals surface area contributed by atoms with E-state index in [1.54, 1.807) is 48.5 Å². The van der Waals surface area contributed by atoms with Gasteiger partial charge in [-0.1, -0.05) is 48.0 Å². The van der Waals surface area contributed by atoms with Crippen LogP contribution in [-0.4, -0.2) is 17.4 Å². The second-order valence-electron chi connectivity index (χ2n) is 7.60. The lowest BCUT2D eigenvalue weighted by Gasteiger charge is -2.10. The Labute approximate surface area is 207 Å². The Morgan fingerprint density at radius 2 is 1.49 bits per heavy atom. The van der Waals surface area contributed by atoms with Crippen LogP contribution in [0.15, 0.2) is 97.1 Å². The Morgan fingerprint density at radius 3 is 2.14 bits per heavy atom. The molecule has 0 aromatic heterocycles. The first kappa shape index (κ1) is 23.8. The van der Waals surface area contributed by atoms with Gasteiger partial charge in [-0.2, -0.15) is 0 Å². The van der Waals surface area contributed by atoms with Gasteiger partial charge in [-0.25, -0.2) is 0 Å². The molecule has 0 spiro atoms. The SMILES string of the molecule is O=C(NCCc1ccccc1)c1ccc(Oc2cc(Oc3cccc(Cl)c3)cc([N+](=O)[O-])c2)cc1. The highest BCUT2D eigenvalue weighted by Gasteiger charge is 2.14. The van der Waals surface area contributed by atoms with Crippen molar-refractivity contribution in [1.82, 2.24) is 5.32 Å². The summed E-state index contributed by atoms with van der Waals surface area (Å²) in [6.45, 7) is 0.518. The lowest BCUT2D eigenvalue weighted by atomic mass is 10.1. The van der Waals surface area contributed by atoms with Gasteiger partial charge in [0.25, 0.3) is 11.6 Å². The molecule has 7 nitrogen and oxygen atoms in total. The maximum Gasteiger partial charge on any atom is 0.276 e. The minimum absolute atomic E-state index is 0.186. The summed E-state index contributed by atoms with van der Waals surface area (Å²) in [6.07, 6.45) is 0.736. The first-order valence-corrected chi connectivity index (χ1v) is 11.2. The molecule has 4 aromatic carbocycles. The van der Waals surface area contributed by atoms with Crippen LogP contribution in [0.3, 0.4) is 0 Å². The number of carbonyl (C=O) groups is 1. The number of amides is 1. The topological polar surface area (TPSA) is 90.7 Å². The number of nitro benzene ring substituents is 1. The van der Waals surface area contributed by atoms with Crippen molar-refractivity contribution in [3.8, 4) is 23.0 Å². The number of rotatable bonds is 9. The van der Waals surface area contributed by atoms with E-state index in [1.165, 1.54) is 18.2 Å². The second kappa shape index (κ2) is 11.2. The van der Waals surface area contributed by atoms with E-state index in [0.717, 1.165) is 12.0 Å². The van der Waals surface area contributed by atoms with E-state index in [0.29, 0.717) is 28.6 Å². The van der Waals surface area contributed by atoms with Crippen LogP contribution in [-0.2, 0) is 6.42 Å². The van der Waals surface area contributed by atoms with Gasteiger partial charge < -0.3 is 14.8 Å². The Bertz CT molecular complexity index is 1330. The molecule has 8 heteroatoms.